The van der Waals surface area contributed by atoms with Crippen LogP contribution >= 0.6 is 46.4 Å². The van der Waals surface area contributed by atoms with Crippen LogP contribution in [0.1, 0.15) is 25.7 Å². The Balaban J connectivity index is 0.000000451. The summed E-state index contributed by atoms with van der Waals surface area (Å²) in [7, 11) is 0. The van der Waals surface area contributed by atoms with Crippen LogP contribution < -0.4 is 9.80 Å². The minimum absolute atomic E-state index is 0. The largest absolute Gasteiger partial charge is 4.00 e. The van der Waals surface area contributed by atoms with Gasteiger partial charge in [0, 0.05) is 80.9 Å². The molecule has 0 radical (unpaired) electrons. The Morgan fingerprint density at radius 2 is 0.539 bits per heavy atom. The maximum atomic E-state index is 13.3. The Morgan fingerprint density at radius 3 is 0.711 bits per heavy atom. The summed E-state index contributed by atoms with van der Waals surface area (Å²) in [4.78, 5) is 2.43. The number of morpholine rings is 2. The van der Waals surface area contributed by atoms with Crippen LogP contribution in [0.5, 0.6) is 0 Å². The minimum atomic E-state index is -1.51. The second kappa shape index (κ2) is 37.7. The summed E-state index contributed by atoms with van der Waals surface area (Å²) < 4.78 is 189. The van der Waals surface area contributed by atoms with Crippen molar-refractivity contribution in [1.82, 2.24) is 0 Å². The van der Waals surface area contributed by atoms with Gasteiger partial charge in [0.05, 0.1) is 84.6 Å². The van der Waals surface area contributed by atoms with Crippen molar-refractivity contribution in [2.24, 2.45) is 0 Å². The van der Waals surface area contributed by atoms with Crippen molar-refractivity contribution in [2.45, 2.75) is 25.7 Å². The van der Waals surface area contributed by atoms with Crippen LogP contribution in [0.25, 0.3) is 0 Å². The van der Waals surface area contributed by atoms with Crippen LogP contribution in [0, 0.1) is 130 Å². The number of hydrogen-bond acceptors (Lipinski definition) is 4. The zero-order valence-electron chi connectivity index (χ0n) is 38.9. The number of allylic oxidation sites excluding steroid dienone is 16. The summed E-state index contributed by atoms with van der Waals surface area (Å²) in [6.45, 7) is 1.82. The van der Waals surface area contributed by atoms with E-state index in [1.165, 1.54) is 34.1 Å². The molecule has 0 amide bonds. The van der Waals surface area contributed by atoms with Crippen molar-refractivity contribution in [2.75, 3.05) is 62.4 Å². The van der Waals surface area contributed by atoms with E-state index < -0.39 is 113 Å². The second-order valence-electron chi connectivity index (χ2n) is 14.1. The predicted molar refractivity (Wildman–Crippen MR) is 253 cm³/mol. The van der Waals surface area contributed by atoms with Crippen molar-refractivity contribution in [3.05, 3.63) is 223 Å². The first kappa shape index (κ1) is 69.9. The SMILES string of the molecule is Fc1[c-]c(F)c(Cl)c(F)c1Cl.Fc1[c-]c(F)c(Cl)c(F)c1Cl.Fc1[c-]c(F)c(F)c(N2CCOCC2)c1F.Fc1[c-]c(F)c(F)c(N2CCOCC2)c1F.[C-]1=CC=CC1.[C-]1=CC=CC1.[C-]1=CC=CC1.[C-]1=CC=CC1.[Ti+4].[Ti+4]. The van der Waals surface area contributed by atoms with E-state index in [-0.39, 0.29) is 96.0 Å². The normalized spacial score (nSPS) is 14.6. The average Bonchev–Trinajstić information content (AvgIpc) is 4.27. The maximum Gasteiger partial charge on any atom is 4.00 e. The monoisotopic (exact) mass is 1220 g/mol. The molecule has 2 fully saturated rings. The van der Waals surface area contributed by atoms with Gasteiger partial charge in [0.15, 0.2) is 0 Å². The van der Waals surface area contributed by atoms with Gasteiger partial charge in [-0.1, -0.05) is 0 Å². The third-order valence-electron chi connectivity index (χ3n) is 9.02. The molecule has 4 aromatic rings. The number of ether oxygens (including phenoxy) is 2. The van der Waals surface area contributed by atoms with E-state index in [1.54, 1.807) is 0 Å². The van der Waals surface area contributed by atoms with Crippen LogP contribution in [-0.2, 0) is 52.9 Å². The summed E-state index contributed by atoms with van der Waals surface area (Å²) in [5.74, 6) is -19.5. The molecule has 2 aliphatic heterocycles. The number of anilines is 2. The average molecular weight is 1220 g/mol. The Hall–Kier alpha value is -4.07. The van der Waals surface area contributed by atoms with Crippen molar-refractivity contribution in [3.63, 3.8) is 0 Å². The Morgan fingerprint density at radius 1 is 0.329 bits per heavy atom. The maximum absolute atomic E-state index is 13.3. The molecule has 4 nitrogen and oxygen atoms in total. The van der Waals surface area contributed by atoms with Gasteiger partial charge in [0.2, 0.25) is 0 Å². The third kappa shape index (κ3) is 23.1. The molecular weight excluding hydrogens is 1190 g/mol. The fourth-order valence-corrected chi connectivity index (χ4v) is 6.16. The molecule has 0 aromatic heterocycles. The van der Waals surface area contributed by atoms with E-state index in [2.05, 4.69) is 48.6 Å². The Kier molecular flexibility index (Phi) is 34.7. The van der Waals surface area contributed by atoms with Crippen molar-refractivity contribution in [3.8, 4) is 0 Å². The summed E-state index contributed by atoms with van der Waals surface area (Å²) in [6.07, 6.45) is 40.0. The molecule has 0 bridgehead atoms. The topological polar surface area (TPSA) is 24.9 Å². The molecule has 2 heterocycles. The molecule has 0 spiro atoms. The number of rotatable bonds is 2. The van der Waals surface area contributed by atoms with E-state index in [4.69, 9.17) is 55.9 Å². The molecular formula is C52H36Cl4F14N2O2Ti2. The van der Waals surface area contributed by atoms with Crippen molar-refractivity contribution < 1.29 is 114 Å². The Labute approximate surface area is 480 Å². The van der Waals surface area contributed by atoms with Gasteiger partial charge < -0.3 is 19.3 Å². The minimum Gasteiger partial charge on any atom is -0.383 e. The predicted octanol–water partition coefficient (Wildman–Crippen LogP) is 15.4. The molecule has 6 aliphatic rings. The first-order chi connectivity index (χ1) is 35.3. The summed E-state index contributed by atoms with van der Waals surface area (Å²) >= 11 is 20.1. The third-order valence-corrected chi connectivity index (χ3v) is 10.3. The zero-order chi connectivity index (χ0) is 54.7. The van der Waals surface area contributed by atoms with Crippen LogP contribution in [0.4, 0.5) is 72.8 Å². The summed E-state index contributed by atoms with van der Waals surface area (Å²) in [5, 5.41) is -3.40. The number of halogens is 18. The molecule has 2 saturated heterocycles. The van der Waals surface area contributed by atoms with E-state index in [9.17, 15) is 61.5 Å². The first-order valence-corrected chi connectivity index (χ1v) is 22.6. The zero-order valence-corrected chi connectivity index (χ0v) is 45.1. The molecule has 400 valence electrons. The van der Waals surface area contributed by atoms with E-state index in [1.807, 2.05) is 48.6 Å². The molecule has 0 N–H and O–H groups in total. The van der Waals surface area contributed by atoms with Gasteiger partial charge >= 0.3 is 43.4 Å². The van der Waals surface area contributed by atoms with Gasteiger partial charge in [0.1, 0.15) is 0 Å². The van der Waals surface area contributed by atoms with Crippen LogP contribution in [0.2, 0.25) is 20.1 Å². The van der Waals surface area contributed by atoms with Gasteiger partial charge in [-0.3, -0.25) is 41.9 Å². The molecule has 0 saturated carbocycles. The quantitative estimate of drug-likeness (QED) is 0.0657. The summed E-state index contributed by atoms with van der Waals surface area (Å²) in [6, 6.07) is 5.71. The molecule has 76 heavy (non-hydrogen) atoms. The van der Waals surface area contributed by atoms with Gasteiger partial charge in [-0.2, -0.15) is 70.7 Å². The van der Waals surface area contributed by atoms with E-state index in [0.29, 0.717) is 0 Å². The van der Waals surface area contributed by atoms with Crippen molar-refractivity contribution >= 4 is 57.8 Å². The molecule has 4 aromatic carbocycles. The molecule has 0 atom stereocenters. The van der Waals surface area contributed by atoms with Gasteiger partial charge in [-0.15, -0.1) is 49.9 Å². The van der Waals surface area contributed by atoms with Gasteiger partial charge in [-0.05, 0) is 0 Å². The van der Waals surface area contributed by atoms with Gasteiger partial charge in [-0.25, -0.2) is 92.5 Å². The number of benzene rings is 4. The smallest absolute Gasteiger partial charge is 0.383 e. The van der Waals surface area contributed by atoms with E-state index in [0.717, 1.165) is 25.7 Å². The second-order valence-corrected chi connectivity index (χ2v) is 15.6. The van der Waals surface area contributed by atoms with E-state index >= 15 is 0 Å². The van der Waals surface area contributed by atoms with Crippen LogP contribution in [0.3, 0.4) is 0 Å². The van der Waals surface area contributed by atoms with Crippen molar-refractivity contribution in [1.29, 1.82) is 0 Å². The first-order valence-electron chi connectivity index (χ1n) is 21.1. The van der Waals surface area contributed by atoms with Gasteiger partial charge in [0.25, 0.3) is 0 Å². The standard InChI is InChI=1S/2C10H8F4NO.2C6Cl2F3.4C5H5.2Ti/c2*11-6-5-7(12)9(14)10(8(6)13)15-1-3-16-4-2-15;2*7-4-2(9)1-3(10)5(8)6(4)11;4*1-2-4-5-3-1;;/h2*1-4H2;;;4*1-3H,4H2;;/q8*-1;2*+4. The molecule has 10 rings (SSSR count). The van der Waals surface area contributed by atoms with Crippen LogP contribution in [-0.4, -0.2) is 52.6 Å². The molecule has 24 heteroatoms. The fraction of sp³-hybridized carbons (Fsp3) is 0.231. The molecule has 4 aliphatic carbocycles. The molecule has 0 unspecified atom stereocenters. The fourth-order valence-electron chi connectivity index (χ4n) is 5.50. The Bertz CT molecular complexity index is 2360. The van der Waals surface area contributed by atoms with Crippen LogP contribution in [0.15, 0.2) is 72.9 Å². The number of hydrogen-bond donors (Lipinski definition) is 0. The number of nitrogens with zero attached hydrogens (tertiary/aromatic N) is 2. The summed E-state index contributed by atoms with van der Waals surface area (Å²) in [5.41, 5.74) is -1.37.